The smallest absolute Gasteiger partial charge is 0.189 e. The molecule has 7 heteroatoms. The second-order valence-electron chi connectivity index (χ2n) is 23.2. The number of fused-ring (bicyclic) bond motifs is 15. The Labute approximate surface area is 479 Å². The van der Waals surface area contributed by atoms with Crippen LogP contribution < -0.4 is 0 Å². The van der Waals surface area contributed by atoms with Crippen LogP contribution in [0.3, 0.4) is 0 Å². The molecule has 2 aliphatic carbocycles. The van der Waals surface area contributed by atoms with E-state index in [2.05, 4.69) is 245 Å². The van der Waals surface area contributed by atoms with E-state index < -0.39 is 0 Å². The molecule has 0 aliphatic heterocycles. The summed E-state index contributed by atoms with van der Waals surface area (Å²) in [5, 5.41) is 28.8. The average Bonchev–Trinajstić information content (AvgIpc) is 2.44. The summed E-state index contributed by atoms with van der Waals surface area (Å²) in [6.07, 6.45) is 0. The van der Waals surface area contributed by atoms with Crippen LogP contribution in [0.1, 0.15) is 61.1 Å². The molecule has 3 aromatic heterocycles. The van der Waals surface area contributed by atoms with Crippen molar-refractivity contribution in [3.05, 3.63) is 269 Å². The summed E-state index contributed by atoms with van der Waals surface area (Å²) in [7, 11) is 0. The van der Waals surface area contributed by atoms with Gasteiger partial charge in [0.15, 0.2) is 11.4 Å². The maximum absolute atomic E-state index is 11.3. The van der Waals surface area contributed by atoms with Crippen molar-refractivity contribution in [1.82, 2.24) is 13.7 Å². The number of hydrogen-bond donors (Lipinski definition) is 0. The Morgan fingerprint density at radius 2 is 0.735 bits per heavy atom. The number of hydrogen-bond acceptors (Lipinski definition) is 2. The minimum Gasteiger partial charge on any atom is -0.309 e. The normalized spacial score (nSPS) is 13.4. The molecule has 0 atom stereocenters. The number of para-hydroxylation sites is 3. The Kier molecular flexibility index (Phi) is 9.86. The van der Waals surface area contributed by atoms with Crippen molar-refractivity contribution in [3.8, 4) is 73.7 Å². The van der Waals surface area contributed by atoms with Crippen LogP contribution in [-0.4, -0.2) is 13.7 Å². The molecule has 3 heterocycles. The van der Waals surface area contributed by atoms with Crippen LogP contribution in [0.15, 0.2) is 212 Å². The zero-order valence-corrected chi connectivity index (χ0v) is 45.8. The lowest BCUT2D eigenvalue weighted by Gasteiger charge is -2.22. The molecule has 83 heavy (non-hydrogen) atoms. The maximum Gasteiger partial charge on any atom is 0.189 e. The van der Waals surface area contributed by atoms with Gasteiger partial charge in [0.2, 0.25) is 0 Å². The Morgan fingerprint density at radius 1 is 0.337 bits per heavy atom. The minimum absolute atomic E-state index is 0.269. The molecule has 0 radical (unpaired) electrons. The van der Waals surface area contributed by atoms with Crippen molar-refractivity contribution < 1.29 is 0 Å². The molecular formula is C76H47N7. The maximum atomic E-state index is 11.3. The third kappa shape index (κ3) is 6.51. The van der Waals surface area contributed by atoms with Gasteiger partial charge in [0.25, 0.3) is 0 Å². The van der Waals surface area contributed by atoms with Crippen molar-refractivity contribution in [2.45, 2.75) is 38.5 Å². The number of rotatable bonds is 5. The van der Waals surface area contributed by atoms with E-state index in [1.807, 2.05) is 18.2 Å². The van der Waals surface area contributed by atoms with Crippen LogP contribution >= 0.6 is 0 Å². The Morgan fingerprint density at radius 3 is 1.18 bits per heavy atom. The van der Waals surface area contributed by atoms with Crippen molar-refractivity contribution in [1.29, 1.82) is 10.5 Å². The summed E-state index contributed by atoms with van der Waals surface area (Å²) in [6, 6.07) is 79.4. The van der Waals surface area contributed by atoms with Crippen LogP contribution in [0.5, 0.6) is 0 Å². The molecule has 0 fully saturated rings. The van der Waals surface area contributed by atoms with Gasteiger partial charge in [-0.1, -0.05) is 143 Å². The molecule has 0 saturated heterocycles. The van der Waals surface area contributed by atoms with Gasteiger partial charge in [0.1, 0.15) is 12.1 Å². The van der Waals surface area contributed by atoms with E-state index in [1.54, 1.807) is 12.1 Å². The molecular weight excluding hydrogens is 1010 g/mol. The van der Waals surface area contributed by atoms with Gasteiger partial charge < -0.3 is 13.7 Å². The van der Waals surface area contributed by atoms with Crippen molar-refractivity contribution >= 4 is 76.8 Å². The molecule has 0 bridgehead atoms. The van der Waals surface area contributed by atoms with Crippen LogP contribution in [0, 0.1) is 35.8 Å². The molecule has 11 aromatic carbocycles. The van der Waals surface area contributed by atoms with Gasteiger partial charge in [-0.2, -0.15) is 10.5 Å². The topological polar surface area (TPSA) is 71.1 Å². The highest BCUT2D eigenvalue weighted by Crippen LogP contribution is 2.54. The fourth-order valence-corrected chi connectivity index (χ4v) is 14.5. The Hall–Kier alpha value is -11.2. The number of aromatic nitrogens is 3. The average molecular weight is 1060 g/mol. The quantitative estimate of drug-likeness (QED) is 0.161. The van der Waals surface area contributed by atoms with E-state index in [4.69, 9.17) is 13.1 Å². The monoisotopic (exact) mass is 1060 g/mol. The number of nitriles is 2. The highest BCUT2D eigenvalue weighted by molar-refractivity contribution is 6.16. The van der Waals surface area contributed by atoms with E-state index in [0.29, 0.717) is 33.9 Å². The molecule has 14 aromatic rings. The van der Waals surface area contributed by atoms with Crippen molar-refractivity contribution in [3.63, 3.8) is 0 Å². The van der Waals surface area contributed by atoms with E-state index >= 15 is 0 Å². The minimum atomic E-state index is -0.269. The fraction of sp³-hybridized carbons (Fsp3) is 0.0789. The molecule has 0 spiro atoms. The molecule has 7 nitrogen and oxygen atoms in total. The zero-order valence-electron chi connectivity index (χ0n) is 45.8. The first-order valence-corrected chi connectivity index (χ1v) is 27.9. The third-order valence-electron chi connectivity index (χ3n) is 18.3. The van der Waals surface area contributed by atoms with Gasteiger partial charge in [-0.05, 0) is 164 Å². The summed E-state index contributed by atoms with van der Waals surface area (Å²) in [4.78, 5) is 7.94. The summed E-state index contributed by atoms with van der Waals surface area (Å²) in [5.41, 5.74) is 22.4. The standard InChI is InChI=1S/C76H47N7/c1-75(2)63-24-14-10-20-51(63)57-38-61-53-22-12-16-26-67(53)82(71(61)40-65(57)75)73-46(42-77)32-48(79-5)36-55(73)44-28-30-69-59(34-44)60-35-45(29-31-70(60)81(69)50-18-8-7-9-19-50)56-37-49(80-6)33-47(43-78)74(56)83-68-27-17-13-23-54(68)62-39-58-52-21-11-15-25-64(52)76(3,4)66(58)41-72(62)83/h7-41H,1-4H3. The predicted molar refractivity (Wildman–Crippen MR) is 337 cm³/mol. The molecule has 0 amide bonds. The van der Waals surface area contributed by atoms with Crippen LogP contribution in [0.2, 0.25) is 0 Å². The van der Waals surface area contributed by atoms with Gasteiger partial charge in [0, 0.05) is 48.8 Å². The van der Waals surface area contributed by atoms with Crippen LogP contribution in [0.25, 0.3) is 137 Å². The van der Waals surface area contributed by atoms with Gasteiger partial charge in [-0.15, -0.1) is 0 Å². The highest BCUT2D eigenvalue weighted by Gasteiger charge is 2.38. The summed E-state index contributed by atoms with van der Waals surface area (Å²) in [6.45, 7) is 25.9. The van der Waals surface area contributed by atoms with Gasteiger partial charge in [-0.3, -0.25) is 0 Å². The van der Waals surface area contributed by atoms with Gasteiger partial charge >= 0.3 is 0 Å². The number of benzene rings is 11. The van der Waals surface area contributed by atoms with Gasteiger partial charge in [0.05, 0.1) is 68.7 Å². The highest BCUT2D eigenvalue weighted by atomic mass is 15.0. The first kappa shape index (κ1) is 47.8. The van der Waals surface area contributed by atoms with Crippen molar-refractivity contribution in [2.24, 2.45) is 0 Å². The lowest BCUT2D eigenvalue weighted by Crippen LogP contribution is -2.15. The van der Waals surface area contributed by atoms with E-state index in [0.717, 1.165) is 93.4 Å². The Bertz CT molecular complexity index is 5120. The Balaban J connectivity index is 0.961. The number of nitrogens with zero attached hydrogens (tertiary/aromatic N) is 7. The lowest BCUT2D eigenvalue weighted by molar-refractivity contribution is 0.661. The van der Waals surface area contributed by atoms with Crippen molar-refractivity contribution in [2.75, 3.05) is 0 Å². The SMILES string of the molecule is [C-]#[N+]c1cc(C#N)c(-n2c3ccccc3c3cc4c(cc32)C(C)(C)c2ccccc2-4)c(-c2ccc3c(c2)c2cc(-c4cc([N+]#[C-])cc(C#N)c4-n4c5ccccc5c5cc6c(cc54)C(C)(C)c4ccccc4-6)ccc2n3-c2ccccc2)c1. The summed E-state index contributed by atoms with van der Waals surface area (Å²) < 4.78 is 6.79. The van der Waals surface area contributed by atoms with E-state index in [-0.39, 0.29) is 10.8 Å². The van der Waals surface area contributed by atoms with E-state index in [9.17, 15) is 10.5 Å². The zero-order chi connectivity index (χ0) is 56.2. The molecule has 16 rings (SSSR count). The molecule has 386 valence electrons. The van der Waals surface area contributed by atoms with Crippen LogP contribution in [-0.2, 0) is 10.8 Å². The molecule has 0 N–H and O–H groups in total. The lowest BCUT2D eigenvalue weighted by atomic mass is 9.82. The molecule has 0 saturated carbocycles. The summed E-state index contributed by atoms with van der Waals surface area (Å²) in [5.74, 6) is 0. The fourth-order valence-electron chi connectivity index (χ4n) is 14.5. The molecule has 2 aliphatic rings. The first-order chi connectivity index (χ1) is 40.5. The van der Waals surface area contributed by atoms with Gasteiger partial charge in [-0.25, -0.2) is 9.69 Å². The predicted octanol–water partition coefficient (Wildman–Crippen LogP) is 19.8. The third-order valence-corrected chi connectivity index (χ3v) is 18.3. The largest absolute Gasteiger partial charge is 0.309 e. The molecule has 0 unspecified atom stereocenters. The second-order valence-corrected chi connectivity index (χ2v) is 23.2. The second kappa shape index (κ2) is 17.1. The van der Waals surface area contributed by atoms with E-state index in [1.165, 1.54) is 44.5 Å². The van der Waals surface area contributed by atoms with Crippen LogP contribution in [0.4, 0.5) is 11.4 Å². The summed E-state index contributed by atoms with van der Waals surface area (Å²) >= 11 is 0. The first-order valence-electron chi connectivity index (χ1n) is 27.9.